The van der Waals surface area contributed by atoms with Crippen LogP contribution in [0.1, 0.15) is 120 Å². The largest absolute Gasteiger partial charge is 0.543 e. The molecule has 0 saturated carbocycles. The number of fused-ring (bicyclic) bond motifs is 6. The van der Waals surface area contributed by atoms with Crippen LogP contribution >= 0.6 is 0 Å². The minimum absolute atomic E-state index is 0.0499. The lowest BCUT2D eigenvalue weighted by atomic mass is 9.84. The van der Waals surface area contributed by atoms with Gasteiger partial charge >= 0.3 is 5.97 Å². The molecule has 0 spiro atoms. The predicted molar refractivity (Wildman–Crippen MR) is 299 cm³/mol. The molecule has 0 unspecified atom stereocenters. The van der Waals surface area contributed by atoms with E-state index in [4.69, 9.17) is 9.16 Å². The second-order valence-electron chi connectivity index (χ2n) is 23.6. The molecule has 3 aliphatic rings. The van der Waals surface area contributed by atoms with E-state index in [1.165, 1.54) is 46.3 Å². The summed E-state index contributed by atoms with van der Waals surface area (Å²) in [6, 6.07) is 11.3. The third-order valence-corrected chi connectivity index (χ3v) is 22.1. The number of pyridine rings is 1. The lowest BCUT2D eigenvalue weighted by Crippen LogP contribution is -2.62. The van der Waals surface area contributed by atoms with Crippen molar-refractivity contribution in [3.63, 3.8) is 0 Å². The second kappa shape index (κ2) is 23.3. The van der Waals surface area contributed by atoms with Crippen LogP contribution < -0.4 is 15.2 Å². The van der Waals surface area contributed by atoms with Crippen LogP contribution in [0.3, 0.4) is 0 Å². The van der Waals surface area contributed by atoms with Gasteiger partial charge in [0, 0.05) is 74.8 Å². The number of hydrazine groups is 1. The molecule has 2 fully saturated rings. The van der Waals surface area contributed by atoms with Crippen molar-refractivity contribution in [3.05, 3.63) is 71.5 Å². The molecule has 2 N–H and O–H groups in total. The van der Waals surface area contributed by atoms with Crippen molar-refractivity contribution in [3.8, 4) is 28.1 Å². The molecule has 2 aromatic heterocycles. The highest BCUT2D eigenvalue weighted by atomic mass is 28.4. The highest BCUT2D eigenvalue weighted by Crippen LogP contribution is 2.45. The van der Waals surface area contributed by atoms with Crippen molar-refractivity contribution in [2.45, 2.75) is 169 Å². The van der Waals surface area contributed by atoms with E-state index < -0.39 is 67.5 Å². The lowest BCUT2D eigenvalue weighted by molar-refractivity contribution is -0.155. The molecule has 5 amide bonds. The maximum Gasteiger partial charge on any atom is 0.324 e. The molecule has 412 valence electrons. The Morgan fingerprint density at radius 2 is 1.64 bits per heavy atom. The van der Waals surface area contributed by atoms with Gasteiger partial charge in [0.25, 0.3) is 14.2 Å². The average Bonchev–Trinajstić information content (AvgIpc) is 4.13. The number of benzene rings is 2. The van der Waals surface area contributed by atoms with Gasteiger partial charge in [-0.3, -0.25) is 38.8 Å². The summed E-state index contributed by atoms with van der Waals surface area (Å²) in [6.45, 7) is 28.2. The van der Waals surface area contributed by atoms with Crippen molar-refractivity contribution in [1.82, 2.24) is 40.0 Å². The first-order valence-electron chi connectivity index (χ1n) is 27.6. The van der Waals surface area contributed by atoms with E-state index in [2.05, 4.69) is 126 Å². The van der Waals surface area contributed by atoms with Gasteiger partial charge in [0.2, 0.25) is 23.6 Å². The number of carbonyl (C=O) groups is 6. The van der Waals surface area contributed by atoms with E-state index in [1.807, 2.05) is 32.3 Å². The van der Waals surface area contributed by atoms with Gasteiger partial charge in [0.15, 0.2) is 0 Å². The molecule has 4 atom stereocenters. The van der Waals surface area contributed by atoms with Crippen LogP contribution in [0.2, 0.25) is 16.6 Å². The van der Waals surface area contributed by atoms with Crippen LogP contribution in [0.25, 0.3) is 33.3 Å². The molecule has 2 aromatic carbocycles. The Labute approximate surface area is 451 Å². The lowest BCUT2D eigenvalue weighted by Gasteiger charge is -2.42. The van der Waals surface area contributed by atoms with Gasteiger partial charge in [-0.2, -0.15) is 0 Å². The van der Waals surface area contributed by atoms with E-state index >= 15 is 4.79 Å². The first-order chi connectivity index (χ1) is 35.8. The molecule has 6 bridgehead atoms. The number of likely N-dealkylation sites (N-methyl/N-ethyl adjacent to an activating group) is 2. The number of nitrogens with zero attached hydrogens (tertiary/aromatic N) is 6. The first kappa shape index (κ1) is 57.6. The number of aromatic nitrogens is 2. The van der Waals surface area contributed by atoms with Gasteiger partial charge in [-0.1, -0.05) is 88.3 Å². The number of amides is 5. The molecule has 17 heteroatoms. The molecule has 16 nitrogen and oxygen atoms in total. The quantitative estimate of drug-likeness (QED) is 0.0669. The Kier molecular flexibility index (Phi) is 17.6. The topological polar surface area (TPSA) is 175 Å². The summed E-state index contributed by atoms with van der Waals surface area (Å²) in [7, 11) is 0.489. The molecule has 5 heterocycles. The average molecular weight is 1060 g/mol. The van der Waals surface area contributed by atoms with E-state index in [0.717, 1.165) is 50.8 Å². The van der Waals surface area contributed by atoms with Gasteiger partial charge in [-0.25, -0.2) is 5.43 Å². The Morgan fingerprint density at radius 3 is 2.26 bits per heavy atom. The Bertz CT molecular complexity index is 2820. The molecular weight excluding hydrogens is 977 g/mol. The van der Waals surface area contributed by atoms with Crippen LogP contribution in [0, 0.1) is 11.3 Å². The number of rotatable bonds is 15. The summed E-state index contributed by atoms with van der Waals surface area (Å²) in [5, 5.41) is 5.61. The van der Waals surface area contributed by atoms with Crippen molar-refractivity contribution in [1.29, 1.82) is 0 Å². The summed E-state index contributed by atoms with van der Waals surface area (Å²) in [5.74, 6) is -2.22. The summed E-state index contributed by atoms with van der Waals surface area (Å²) >= 11 is 0. The molecule has 4 aromatic rings. The number of hydrogen-bond acceptors (Lipinski definition) is 10. The van der Waals surface area contributed by atoms with Crippen molar-refractivity contribution in [2.24, 2.45) is 11.3 Å². The van der Waals surface area contributed by atoms with Gasteiger partial charge in [-0.05, 0) is 113 Å². The van der Waals surface area contributed by atoms with Crippen LogP contribution in [0.5, 0.6) is 5.75 Å². The highest BCUT2D eigenvalue weighted by molar-refractivity contribution is 6.78. The minimum Gasteiger partial charge on any atom is -0.543 e. The number of hydrogen-bond donors (Lipinski definition) is 2. The van der Waals surface area contributed by atoms with E-state index in [9.17, 15) is 24.0 Å². The second-order valence-corrected chi connectivity index (χ2v) is 29.0. The third kappa shape index (κ3) is 11.9. The molecular formula is C59H84N8O8Si. The normalized spacial score (nSPS) is 19.4. The fourth-order valence-corrected chi connectivity index (χ4v) is 17.5. The highest BCUT2D eigenvalue weighted by Gasteiger charge is 2.48. The Morgan fingerprint density at radius 1 is 0.947 bits per heavy atom. The SMILES string of the molecule is CCc1ccncc1-c1c2c3cc(ccc3n1CC)-c1cc(cc(O[Si](C(C)C)(C(C)C)C(C)C)c1)C[C@H](NC(=O)[C@H](C(C)C)N(C)C(=O)CN(C)C(=O)[C@H]1CN1C(C)=O)C(=O)N1CCC[C@H](N1)C(=O)OCC(C)(C)C2. The van der Waals surface area contributed by atoms with Gasteiger partial charge < -0.3 is 33.7 Å². The fourth-order valence-electron chi connectivity index (χ4n) is 12.2. The summed E-state index contributed by atoms with van der Waals surface area (Å²) in [6.07, 6.45) is 6.24. The zero-order valence-corrected chi connectivity index (χ0v) is 48.8. The molecule has 0 aliphatic carbocycles. The number of aryl methyl sites for hydroxylation is 2. The molecule has 7 rings (SSSR count). The van der Waals surface area contributed by atoms with E-state index in [1.54, 1.807) is 0 Å². The smallest absolute Gasteiger partial charge is 0.324 e. The maximum absolute atomic E-state index is 15.2. The molecule has 76 heavy (non-hydrogen) atoms. The predicted octanol–water partition coefficient (Wildman–Crippen LogP) is 8.33. The van der Waals surface area contributed by atoms with Crippen molar-refractivity contribution >= 4 is 54.7 Å². The van der Waals surface area contributed by atoms with Gasteiger partial charge in [0.1, 0.15) is 29.9 Å². The third-order valence-electron chi connectivity index (χ3n) is 16.1. The van der Waals surface area contributed by atoms with Crippen LogP contribution in [0.4, 0.5) is 0 Å². The Hall–Kier alpha value is -6.07. The monoisotopic (exact) mass is 1060 g/mol. The van der Waals surface area contributed by atoms with Crippen LogP contribution in [-0.2, 0) is 59.3 Å². The van der Waals surface area contributed by atoms with E-state index in [0.29, 0.717) is 38.1 Å². The van der Waals surface area contributed by atoms with Gasteiger partial charge in [0.05, 0.1) is 25.4 Å². The van der Waals surface area contributed by atoms with Crippen molar-refractivity contribution < 1.29 is 37.9 Å². The summed E-state index contributed by atoms with van der Waals surface area (Å²) < 4.78 is 16.0. The van der Waals surface area contributed by atoms with Crippen molar-refractivity contribution in [2.75, 3.05) is 40.3 Å². The van der Waals surface area contributed by atoms with Gasteiger partial charge in [-0.15, -0.1) is 0 Å². The summed E-state index contributed by atoms with van der Waals surface area (Å²) in [5.41, 5.74) is 11.6. The number of esters is 1. The number of ether oxygens (including phenoxy) is 1. The molecule has 3 aliphatic heterocycles. The fraction of sp³-hybridized carbons (Fsp3) is 0.576. The minimum atomic E-state index is -2.55. The standard InChI is InChI=1S/C59H84N8O8Si/c1-16-41-22-23-60-31-47(41)54-46-30-59(12,13)34-74-58(73)48-19-18-24-67(62-48)56(71)49(61-55(70)53(35(3)4)64(15)52(69)33-63(14)57(72)51-32-66(51)39(11)68)27-40-25-43(42-20-21-50(45(46)29-42)65(54)17-2)28-44(26-40)75-76(36(5)6,37(7)8)38(9)10/h20-23,25-26,28-29,31,35-38,48-49,51,53,62H,16-19,24,27,30,32-34H2,1-15H3,(H,61,70)/t48-,49-,51+,53-,66?/m0/s1. The molecule has 0 radical (unpaired) electrons. The van der Waals surface area contributed by atoms with Crippen LogP contribution in [0.15, 0.2) is 54.9 Å². The maximum atomic E-state index is 15.2. The first-order valence-corrected chi connectivity index (χ1v) is 29.7. The Balaban J connectivity index is 1.38. The zero-order valence-electron chi connectivity index (χ0n) is 47.8. The van der Waals surface area contributed by atoms with E-state index in [-0.39, 0.29) is 54.6 Å². The summed E-state index contributed by atoms with van der Waals surface area (Å²) in [4.78, 5) is 92.0. The number of carbonyl (C=O) groups excluding carboxylic acids is 6. The number of nitrogens with one attached hydrogen (secondary N) is 2. The molecule has 2 saturated heterocycles. The number of cyclic esters (lactones) is 1. The zero-order chi connectivity index (χ0) is 55.7. The van der Waals surface area contributed by atoms with Crippen LogP contribution in [-0.4, -0.2) is 138 Å².